The number of hydrogen-bond donors (Lipinski definition) is 3. The first-order valence-electron chi connectivity index (χ1n) is 6.09. The van der Waals surface area contributed by atoms with E-state index >= 15 is 0 Å². The lowest BCUT2D eigenvalue weighted by atomic mass is 9.96. The smallest absolute Gasteiger partial charge is 0.253 e. The summed E-state index contributed by atoms with van der Waals surface area (Å²) in [6.45, 7) is 0.933. The summed E-state index contributed by atoms with van der Waals surface area (Å²) in [5.41, 5.74) is 5.55. The van der Waals surface area contributed by atoms with Gasteiger partial charge in [-0.1, -0.05) is 0 Å². The van der Waals surface area contributed by atoms with Crippen molar-refractivity contribution in [3.8, 4) is 11.5 Å². The number of hydrogen-bond acceptors (Lipinski definition) is 4. The number of phenolic OH excluding ortho intramolecular Hbond substituents is 2. The summed E-state index contributed by atoms with van der Waals surface area (Å²) in [5.74, 6) is -1.30. The van der Waals surface area contributed by atoms with E-state index in [9.17, 15) is 19.8 Å². The van der Waals surface area contributed by atoms with E-state index in [1.807, 2.05) is 0 Å². The van der Waals surface area contributed by atoms with Crippen LogP contribution in [0.3, 0.4) is 0 Å². The average Bonchev–Trinajstić information content (AvgIpc) is 2.41. The molecule has 2 rings (SSSR count). The fourth-order valence-electron chi connectivity index (χ4n) is 2.21. The minimum absolute atomic E-state index is 0.169. The van der Waals surface area contributed by atoms with Crippen LogP contribution in [0.4, 0.5) is 0 Å². The Morgan fingerprint density at radius 3 is 2.32 bits per heavy atom. The number of benzene rings is 1. The van der Waals surface area contributed by atoms with Crippen molar-refractivity contribution in [1.29, 1.82) is 0 Å². The molecule has 1 aliphatic rings. The predicted octanol–water partition coefficient (Wildman–Crippen LogP) is 0.435. The zero-order chi connectivity index (χ0) is 14.0. The van der Waals surface area contributed by atoms with Gasteiger partial charge in [-0.3, -0.25) is 9.59 Å². The Balaban J connectivity index is 2.05. The molecule has 4 N–H and O–H groups in total. The van der Waals surface area contributed by atoms with Gasteiger partial charge in [-0.05, 0) is 31.0 Å². The minimum atomic E-state index is -0.325. The third-order valence-electron chi connectivity index (χ3n) is 3.41. The Hall–Kier alpha value is -2.24. The van der Waals surface area contributed by atoms with Gasteiger partial charge < -0.3 is 20.8 Å². The highest BCUT2D eigenvalue weighted by atomic mass is 16.3. The molecule has 1 aliphatic heterocycles. The molecule has 0 spiro atoms. The Morgan fingerprint density at radius 1 is 1.16 bits per heavy atom. The number of carbonyl (C=O) groups excluding carboxylic acids is 2. The van der Waals surface area contributed by atoms with E-state index in [4.69, 9.17) is 5.73 Å². The quantitative estimate of drug-likeness (QED) is 0.674. The van der Waals surface area contributed by atoms with Crippen LogP contribution in [0.5, 0.6) is 11.5 Å². The molecule has 1 fully saturated rings. The van der Waals surface area contributed by atoms with Gasteiger partial charge in [0.2, 0.25) is 5.91 Å². The molecule has 1 saturated heterocycles. The maximum absolute atomic E-state index is 12.2. The lowest BCUT2D eigenvalue weighted by Crippen LogP contribution is -2.41. The number of primary amides is 1. The Labute approximate surface area is 110 Å². The molecule has 2 amide bonds. The lowest BCUT2D eigenvalue weighted by molar-refractivity contribution is -0.123. The number of rotatable bonds is 2. The normalized spacial score (nSPS) is 16.3. The molecule has 1 aromatic rings. The Kier molecular flexibility index (Phi) is 3.59. The van der Waals surface area contributed by atoms with Crippen molar-refractivity contribution in [2.45, 2.75) is 12.8 Å². The molecule has 0 saturated carbocycles. The molecule has 0 radical (unpaired) electrons. The summed E-state index contributed by atoms with van der Waals surface area (Å²) in [5, 5.41) is 18.6. The maximum Gasteiger partial charge on any atom is 0.253 e. The maximum atomic E-state index is 12.2. The number of likely N-dealkylation sites (tertiary alicyclic amines) is 1. The van der Waals surface area contributed by atoms with Gasteiger partial charge in [-0.15, -0.1) is 0 Å². The summed E-state index contributed by atoms with van der Waals surface area (Å²) in [6.07, 6.45) is 1.12. The predicted molar refractivity (Wildman–Crippen MR) is 67.6 cm³/mol. The van der Waals surface area contributed by atoms with E-state index in [0.29, 0.717) is 31.5 Å². The van der Waals surface area contributed by atoms with Crippen molar-refractivity contribution in [3.63, 3.8) is 0 Å². The second-order valence-corrected chi connectivity index (χ2v) is 4.67. The van der Waals surface area contributed by atoms with Crippen molar-refractivity contribution in [2.24, 2.45) is 11.7 Å². The topological polar surface area (TPSA) is 104 Å². The third-order valence-corrected chi connectivity index (χ3v) is 3.41. The molecule has 1 aromatic carbocycles. The van der Waals surface area contributed by atoms with Crippen LogP contribution in [0.25, 0.3) is 0 Å². The first-order chi connectivity index (χ1) is 8.99. The summed E-state index contributed by atoms with van der Waals surface area (Å²) in [7, 11) is 0. The van der Waals surface area contributed by atoms with Crippen LogP contribution in [0.2, 0.25) is 0 Å². The van der Waals surface area contributed by atoms with Crippen molar-refractivity contribution in [1.82, 2.24) is 4.90 Å². The molecule has 19 heavy (non-hydrogen) atoms. The highest BCUT2D eigenvalue weighted by molar-refractivity contribution is 5.95. The lowest BCUT2D eigenvalue weighted by Gasteiger charge is -2.30. The standard InChI is InChI=1S/C13H16N2O4/c14-12(18)8-3-5-15(6-4-8)13(19)9-1-2-10(16)11(17)7-9/h1-2,7-8,16-17H,3-6H2,(H2,14,18). The second kappa shape index (κ2) is 5.17. The summed E-state index contributed by atoms with van der Waals surface area (Å²) in [6, 6.07) is 3.97. The van der Waals surface area contributed by atoms with Gasteiger partial charge in [-0.2, -0.15) is 0 Å². The first-order valence-corrected chi connectivity index (χ1v) is 6.09. The fourth-order valence-corrected chi connectivity index (χ4v) is 2.21. The van der Waals surface area contributed by atoms with Gasteiger partial charge >= 0.3 is 0 Å². The molecule has 1 heterocycles. The van der Waals surface area contributed by atoms with Gasteiger partial charge in [-0.25, -0.2) is 0 Å². The summed E-state index contributed by atoms with van der Waals surface area (Å²) in [4.78, 5) is 24.8. The van der Waals surface area contributed by atoms with E-state index < -0.39 is 0 Å². The van der Waals surface area contributed by atoms with Crippen LogP contribution in [0, 0.1) is 5.92 Å². The number of piperidine rings is 1. The number of amides is 2. The highest BCUT2D eigenvalue weighted by Crippen LogP contribution is 2.26. The largest absolute Gasteiger partial charge is 0.504 e. The second-order valence-electron chi connectivity index (χ2n) is 4.67. The van der Waals surface area contributed by atoms with E-state index in [1.165, 1.54) is 18.2 Å². The Bertz CT molecular complexity index is 507. The van der Waals surface area contributed by atoms with Crippen LogP contribution in [-0.2, 0) is 4.79 Å². The molecule has 0 bridgehead atoms. The van der Waals surface area contributed by atoms with Crippen molar-refractivity contribution >= 4 is 11.8 Å². The van der Waals surface area contributed by atoms with Crippen LogP contribution in [-0.4, -0.2) is 40.0 Å². The zero-order valence-electron chi connectivity index (χ0n) is 10.4. The van der Waals surface area contributed by atoms with Crippen LogP contribution in [0.1, 0.15) is 23.2 Å². The third kappa shape index (κ3) is 2.78. The number of nitrogens with two attached hydrogens (primary N) is 1. The van der Waals surface area contributed by atoms with Crippen LogP contribution in [0.15, 0.2) is 18.2 Å². The van der Waals surface area contributed by atoms with E-state index in [2.05, 4.69) is 0 Å². The van der Waals surface area contributed by atoms with Gasteiger partial charge in [0.1, 0.15) is 0 Å². The van der Waals surface area contributed by atoms with Crippen LogP contribution < -0.4 is 5.73 Å². The van der Waals surface area contributed by atoms with E-state index in [1.54, 1.807) is 4.90 Å². The fraction of sp³-hybridized carbons (Fsp3) is 0.385. The number of phenols is 2. The van der Waals surface area contributed by atoms with E-state index in [0.717, 1.165) is 0 Å². The van der Waals surface area contributed by atoms with Gasteiger partial charge in [0.25, 0.3) is 5.91 Å². The van der Waals surface area contributed by atoms with Crippen LogP contribution >= 0.6 is 0 Å². The molecule has 6 heteroatoms. The summed E-state index contributed by atoms with van der Waals surface area (Å²) < 4.78 is 0. The molecule has 0 atom stereocenters. The minimum Gasteiger partial charge on any atom is -0.504 e. The number of aromatic hydroxyl groups is 2. The zero-order valence-corrected chi connectivity index (χ0v) is 10.4. The van der Waals surface area contributed by atoms with Crippen molar-refractivity contribution < 1.29 is 19.8 Å². The molecule has 0 aromatic heterocycles. The molecule has 6 nitrogen and oxygen atoms in total. The Morgan fingerprint density at radius 2 is 1.79 bits per heavy atom. The average molecular weight is 264 g/mol. The van der Waals surface area contributed by atoms with E-state index in [-0.39, 0.29) is 29.2 Å². The molecule has 0 unspecified atom stereocenters. The molecular weight excluding hydrogens is 248 g/mol. The van der Waals surface area contributed by atoms with Crippen molar-refractivity contribution in [3.05, 3.63) is 23.8 Å². The molecule has 0 aliphatic carbocycles. The number of carbonyl (C=O) groups is 2. The summed E-state index contributed by atoms with van der Waals surface area (Å²) >= 11 is 0. The number of nitrogens with zero attached hydrogens (tertiary/aromatic N) is 1. The monoisotopic (exact) mass is 264 g/mol. The van der Waals surface area contributed by atoms with Gasteiger partial charge in [0, 0.05) is 24.6 Å². The van der Waals surface area contributed by atoms with Gasteiger partial charge in [0.15, 0.2) is 11.5 Å². The molecular formula is C13H16N2O4. The first kappa shape index (κ1) is 13.2. The van der Waals surface area contributed by atoms with Gasteiger partial charge in [0.05, 0.1) is 0 Å². The highest BCUT2D eigenvalue weighted by Gasteiger charge is 2.26. The SMILES string of the molecule is NC(=O)C1CCN(C(=O)c2ccc(O)c(O)c2)CC1. The van der Waals surface area contributed by atoms with Crippen molar-refractivity contribution in [2.75, 3.05) is 13.1 Å². The molecule has 102 valence electrons.